The van der Waals surface area contributed by atoms with Gasteiger partial charge in [-0.3, -0.25) is 0 Å². The molecule has 0 aliphatic carbocycles. The van der Waals surface area contributed by atoms with Crippen LogP contribution in [0.5, 0.6) is 11.5 Å². The summed E-state index contributed by atoms with van der Waals surface area (Å²) in [7, 11) is 1.60. The number of nitrogens with one attached hydrogen (secondary N) is 1. The highest BCUT2D eigenvalue weighted by Gasteiger charge is 2.07. The molecule has 3 N–H and O–H groups in total. The molecule has 25 heavy (non-hydrogen) atoms. The van der Waals surface area contributed by atoms with E-state index in [1.165, 1.54) is 6.21 Å². The van der Waals surface area contributed by atoms with Gasteiger partial charge in [0.15, 0.2) is 0 Å². The summed E-state index contributed by atoms with van der Waals surface area (Å²) >= 11 is 0. The fourth-order valence-corrected chi connectivity index (χ4v) is 2.29. The first-order valence-corrected chi connectivity index (χ1v) is 7.71. The number of nitrogens with zero attached hydrogens (tertiary/aromatic N) is 1. The molecule has 0 saturated heterocycles. The molecule has 6 nitrogen and oxygen atoms in total. The van der Waals surface area contributed by atoms with Gasteiger partial charge in [0.1, 0.15) is 18.1 Å². The Morgan fingerprint density at radius 3 is 2.76 bits per heavy atom. The van der Waals surface area contributed by atoms with Gasteiger partial charge in [-0.25, -0.2) is 10.2 Å². The maximum Gasteiger partial charge on any atom is 0.332 e. The Labute approximate surface area is 146 Å². The predicted octanol–water partition coefficient (Wildman–Crippen LogP) is 3.00. The Hall–Kier alpha value is -3.28. The molecular weight excluding hydrogens is 318 g/mol. The van der Waals surface area contributed by atoms with Crippen molar-refractivity contribution < 1.29 is 14.3 Å². The van der Waals surface area contributed by atoms with Crippen LogP contribution in [0.3, 0.4) is 0 Å². The lowest BCUT2D eigenvalue weighted by Gasteiger charge is -2.13. The molecule has 0 unspecified atom stereocenters. The van der Waals surface area contributed by atoms with E-state index in [9.17, 15) is 4.79 Å². The number of amides is 2. The summed E-state index contributed by atoms with van der Waals surface area (Å²) in [4.78, 5) is 10.7. The van der Waals surface area contributed by atoms with Crippen LogP contribution in [0.2, 0.25) is 0 Å². The fraction of sp³-hybridized carbons (Fsp3) is 0.158. The largest absolute Gasteiger partial charge is 0.496 e. The van der Waals surface area contributed by atoms with Crippen LogP contribution in [0.15, 0.2) is 60.2 Å². The summed E-state index contributed by atoms with van der Waals surface area (Å²) in [6.45, 7) is 4.10. The maximum absolute atomic E-state index is 10.7. The van der Waals surface area contributed by atoms with Crippen molar-refractivity contribution in [2.45, 2.75) is 13.0 Å². The number of benzene rings is 2. The Kier molecular flexibility index (Phi) is 6.59. The molecule has 0 saturated carbocycles. The van der Waals surface area contributed by atoms with E-state index in [0.717, 1.165) is 28.9 Å². The quantitative estimate of drug-likeness (QED) is 0.440. The van der Waals surface area contributed by atoms with Crippen molar-refractivity contribution in [1.82, 2.24) is 5.43 Å². The number of ether oxygens (including phenoxy) is 2. The average molecular weight is 339 g/mol. The molecule has 6 heteroatoms. The van der Waals surface area contributed by atoms with Gasteiger partial charge in [-0.2, -0.15) is 5.10 Å². The van der Waals surface area contributed by atoms with Crippen LogP contribution in [-0.2, 0) is 13.0 Å². The number of hydrazone groups is 1. The van der Waals surface area contributed by atoms with E-state index < -0.39 is 6.03 Å². The number of hydrogen-bond acceptors (Lipinski definition) is 4. The van der Waals surface area contributed by atoms with Crippen LogP contribution >= 0.6 is 0 Å². The molecule has 0 bridgehead atoms. The van der Waals surface area contributed by atoms with Crippen molar-refractivity contribution in [3.8, 4) is 11.5 Å². The number of para-hydroxylation sites is 1. The molecule has 0 fully saturated rings. The number of rotatable bonds is 8. The van der Waals surface area contributed by atoms with E-state index in [0.29, 0.717) is 12.4 Å². The second-order valence-corrected chi connectivity index (χ2v) is 5.19. The normalized spacial score (nSPS) is 10.4. The number of methoxy groups -OCH3 is 1. The summed E-state index contributed by atoms with van der Waals surface area (Å²) in [5.41, 5.74) is 9.84. The predicted molar refractivity (Wildman–Crippen MR) is 98.0 cm³/mol. The molecule has 2 aromatic rings. The van der Waals surface area contributed by atoms with Gasteiger partial charge in [-0.15, -0.1) is 6.58 Å². The Balaban J connectivity index is 2.16. The van der Waals surface area contributed by atoms with Gasteiger partial charge in [0.2, 0.25) is 0 Å². The molecule has 0 heterocycles. The number of carbonyl (C=O) groups is 1. The number of primary amides is 1. The first-order valence-electron chi connectivity index (χ1n) is 7.71. The summed E-state index contributed by atoms with van der Waals surface area (Å²) < 4.78 is 11.3. The number of urea groups is 1. The zero-order valence-electron chi connectivity index (χ0n) is 14.1. The van der Waals surface area contributed by atoms with E-state index in [-0.39, 0.29) is 0 Å². The van der Waals surface area contributed by atoms with Crippen LogP contribution in [0, 0.1) is 0 Å². The van der Waals surface area contributed by atoms with Gasteiger partial charge < -0.3 is 15.2 Å². The van der Waals surface area contributed by atoms with E-state index in [4.69, 9.17) is 15.2 Å². The van der Waals surface area contributed by atoms with Gasteiger partial charge in [-0.1, -0.05) is 24.3 Å². The number of allylic oxidation sites excluding steroid dienone is 1. The van der Waals surface area contributed by atoms with Gasteiger partial charge in [0.25, 0.3) is 0 Å². The number of carbonyl (C=O) groups excluding carboxylic acids is 1. The third-order valence-electron chi connectivity index (χ3n) is 3.41. The van der Waals surface area contributed by atoms with Crippen molar-refractivity contribution in [3.05, 3.63) is 71.8 Å². The molecular formula is C19H21N3O3. The maximum atomic E-state index is 10.7. The molecule has 2 aromatic carbocycles. The van der Waals surface area contributed by atoms with Gasteiger partial charge in [0.05, 0.1) is 13.3 Å². The Morgan fingerprint density at radius 1 is 1.24 bits per heavy atom. The van der Waals surface area contributed by atoms with E-state index in [1.54, 1.807) is 7.11 Å². The second-order valence-electron chi connectivity index (χ2n) is 5.19. The lowest BCUT2D eigenvalue weighted by Crippen LogP contribution is -2.24. The van der Waals surface area contributed by atoms with Crippen molar-refractivity contribution in [1.29, 1.82) is 0 Å². The Bertz CT molecular complexity index is 772. The summed E-state index contributed by atoms with van der Waals surface area (Å²) in [5.74, 6) is 1.51. The highest BCUT2D eigenvalue weighted by Crippen LogP contribution is 2.24. The van der Waals surface area contributed by atoms with Gasteiger partial charge in [-0.05, 0) is 41.8 Å². The molecule has 2 amide bonds. The highest BCUT2D eigenvalue weighted by atomic mass is 16.5. The first kappa shape index (κ1) is 18.1. The molecule has 0 aliphatic heterocycles. The smallest absolute Gasteiger partial charge is 0.332 e. The molecule has 0 aliphatic rings. The third kappa shape index (κ3) is 5.39. The average Bonchev–Trinajstić information content (AvgIpc) is 2.61. The lowest BCUT2D eigenvalue weighted by atomic mass is 10.1. The highest BCUT2D eigenvalue weighted by molar-refractivity contribution is 5.82. The minimum atomic E-state index is -0.716. The molecule has 0 atom stereocenters. The van der Waals surface area contributed by atoms with E-state index in [2.05, 4.69) is 17.1 Å². The summed E-state index contributed by atoms with van der Waals surface area (Å²) in [6, 6.07) is 12.6. The fourth-order valence-electron chi connectivity index (χ4n) is 2.29. The van der Waals surface area contributed by atoms with Crippen LogP contribution in [0.1, 0.15) is 16.7 Å². The molecule has 2 rings (SSSR count). The van der Waals surface area contributed by atoms with Crippen molar-refractivity contribution in [2.75, 3.05) is 7.11 Å². The zero-order chi connectivity index (χ0) is 18.1. The summed E-state index contributed by atoms with van der Waals surface area (Å²) in [6.07, 6.45) is 4.07. The van der Waals surface area contributed by atoms with Crippen LogP contribution in [-0.4, -0.2) is 19.4 Å². The second kappa shape index (κ2) is 9.12. The topological polar surface area (TPSA) is 85.9 Å². The van der Waals surface area contributed by atoms with E-state index >= 15 is 0 Å². The molecule has 0 radical (unpaired) electrons. The SMILES string of the molecule is C=CCc1ccccc1OCc1cc(C=NNC(N)=O)ccc1OC. The standard InChI is InChI=1S/C19H21N3O3/c1-3-6-15-7-4-5-8-18(15)25-13-16-11-14(9-10-17(16)24-2)12-21-22-19(20)23/h3-5,7-12H,1,6,13H2,2H3,(H3,20,22,23). The van der Waals surface area contributed by atoms with Gasteiger partial charge in [0, 0.05) is 5.56 Å². The van der Waals surface area contributed by atoms with Crippen LogP contribution in [0.4, 0.5) is 4.79 Å². The minimum Gasteiger partial charge on any atom is -0.496 e. The van der Waals surface area contributed by atoms with Crippen molar-refractivity contribution >= 4 is 12.2 Å². The van der Waals surface area contributed by atoms with E-state index in [1.807, 2.05) is 48.5 Å². The monoisotopic (exact) mass is 339 g/mol. The third-order valence-corrected chi connectivity index (χ3v) is 3.41. The Morgan fingerprint density at radius 2 is 2.04 bits per heavy atom. The number of hydrogen-bond donors (Lipinski definition) is 2. The van der Waals surface area contributed by atoms with Gasteiger partial charge >= 0.3 is 6.03 Å². The molecule has 0 aromatic heterocycles. The first-order chi connectivity index (χ1) is 12.1. The van der Waals surface area contributed by atoms with Crippen molar-refractivity contribution in [2.24, 2.45) is 10.8 Å². The van der Waals surface area contributed by atoms with Crippen molar-refractivity contribution in [3.63, 3.8) is 0 Å². The van der Waals surface area contributed by atoms with Crippen LogP contribution in [0.25, 0.3) is 0 Å². The lowest BCUT2D eigenvalue weighted by molar-refractivity contribution is 0.249. The molecule has 130 valence electrons. The minimum absolute atomic E-state index is 0.336. The number of nitrogens with two attached hydrogens (primary N) is 1. The zero-order valence-corrected chi connectivity index (χ0v) is 14.1. The molecule has 0 spiro atoms. The van der Waals surface area contributed by atoms with Crippen LogP contribution < -0.4 is 20.6 Å². The summed E-state index contributed by atoms with van der Waals surface area (Å²) in [5, 5.41) is 3.75.